The van der Waals surface area contributed by atoms with Gasteiger partial charge in [-0.05, 0) is 30.9 Å². The van der Waals surface area contributed by atoms with Crippen LogP contribution in [0.1, 0.15) is 49.4 Å². The van der Waals surface area contributed by atoms with Gasteiger partial charge in [0.15, 0.2) is 0 Å². The number of sulfonamides is 1. The highest BCUT2D eigenvalue weighted by molar-refractivity contribution is 7.90. The van der Waals surface area contributed by atoms with Gasteiger partial charge in [-0.3, -0.25) is 9.59 Å². The minimum absolute atomic E-state index is 0.0117. The second kappa shape index (κ2) is 6.55. The Kier molecular flexibility index (Phi) is 4.62. The zero-order valence-corrected chi connectivity index (χ0v) is 14.5. The van der Waals surface area contributed by atoms with Crippen molar-refractivity contribution in [1.29, 1.82) is 0 Å². The van der Waals surface area contributed by atoms with Crippen molar-refractivity contribution in [1.82, 2.24) is 9.62 Å². The van der Waals surface area contributed by atoms with Gasteiger partial charge in [0, 0.05) is 19.0 Å². The average Bonchev–Trinajstić information content (AvgIpc) is 2.75. The molecule has 0 saturated heterocycles. The Balaban J connectivity index is 1.63. The number of rotatable bonds is 4. The number of carbonyl (C=O) groups is 2. The largest absolute Gasteiger partial charge is 0.353 e. The van der Waals surface area contributed by atoms with Gasteiger partial charge in [0.05, 0.1) is 5.56 Å². The summed E-state index contributed by atoms with van der Waals surface area (Å²) in [5, 5.41) is 2.98. The van der Waals surface area contributed by atoms with E-state index in [0.29, 0.717) is 5.92 Å². The fourth-order valence-electron chi connectivity index (χ4n) is 3.46. The lowest BCUT2D eigenvalue weighted by Gasteiger charge is -2.29. The smallest absolute Gasteiger partial charge is 0.269 e. The molecule has 24 heavy (non-hydrogen) atoms. The van der Waals surface area contributed by atoms with Crippen LogP contribution in [0.5, 0.6) is 0 Å². The Morgan fingerprint density at radius 3 is 2.67 bits per heavy atom. The van der Waals surface area contributed by atoms with E-state index in [-0.39, 0.29) is 35.4 Å². The molecule has 2 amide bonds. The number of nitrogens with zero attached hydrogens (tertiary/aromatic N) is 1. The van der Waals surface area contributed by atoms with E-state index in [1.165, 1.54) is 18.6 Å². The van der Waals surface area contributed by atoms with Crippen LogP contribution in [0.4, 0.5) is 0 Å². The monoisotopic (exact) mass is 350 g/mol. The van der Waals surface area contributed by atoms with Crippen molar-refractivity contribution < 1.29 is 18.0 Å². The quantitative estimate of drug-likeness (QED) is 0.899. The van der Waals surface area contributed by atoms with Crippen molar-refractivity contribution in [3.05, 3.63) is 29.8 Å². The van der Waals surface area contributed by atoms with Crippen LogP contribution in [-0.4, -0.2) is 37.1 Å². The first kappa shape index (κ1) is 17.0. The number of nitrogens with one attached hydrogen (secondary N) is 1. The van der Waals surface area contributed by atoms with Gasteiger partial charge in [-0.1, -0.05) is 31.9 Å². The van der Waals surface area contributed by atoms with Crippen LogP contribution in [0.25, 0.3) is 0 Å². The number of hydrogen-bond acceptors (Lipinski definition) is 4. The Hall–Kier alpha value is -1.89. The molecule has 6 nitrogen and oxygen atoms in total. The van der Waals surface area contributed by atoms with Gasteiger partial charge in [-0.25, -0.2) is 12.7 Å². The summed E-state index contributed by atoms with van der Waals surface area (Å²) in [7, 11) is -3.83. The molecule has 1 aliphatic heterocycles. The third-order valence-corrected chi connectivity index (χ3v) is 6.75. The fourth-order valence-corrected chi connectivity index (χ4v) is 5.03. The van der Waals surface area contributed by atoms with Gasteiger partial charge in [0.2, 0.25) is 5.91 Å². The van der Waals surface area contributed by atoms with E-state index in [2.05, 4.69) is 12.2 Å². The molecule has 1 N–H and O–H groups in total. The molecule has 1 fully saturated rings. The van der Waals surface area contributed by atoms with E-state index in [0.717, 1.165) is 23.6 Å². The van der Waals surface area contributed by atoms with Crippen LogP contribution in [0.3, 0.4) is 0 Å². The predicted octanol–water partition coefficient (Wildman–Crippen LogP) is 1.92. The van der Waals surface area contributed by atoms with E-state index in [4.69, 9.17) is 0 Å². The molecular weight excluding hydrogens is 328 g/mol. The molecule has 0 unspecified atom stereocenters. The van der Waals surface area contributed by atoms with Gasteiger partial charge in [0.1, 0.15) is 4.90 Å². The summed E-state index contributed by atoms with van der Waals surface area (Å²) in [5.41, 5.74) is 0.179. The van der Waals surface area contributed by atoms with Crippen LogP contribution in [0.2, 0.25) is 0 Å². The normalized spacial score (nSPS) is 25.4. The Morgan fingerprint density at radius 1 is 1.25 bits per heavy atom. The molecule has 3 rings (SSSR count). The molecule has 1 aromatic rings. The molecule has 1 heterocycles. The third kappa shape index (κ3) is 3.05. The van der Waals surface area contributed by atoms with Crippen molar-refractivity contribution in [2.24, 2.45) is 5.92 Å². The molecule has 0 spiro atoms. The van der Waals surface area contributed by atoms with Crippen LogP contribution in [-0.2, 0) is 14.8 Å². The molecule has 0 bridgehead atoms. The molecular formula is C17H22N2O4S. The molecule has 130 valence electrons. The standard InChI is InChI=1S/C17H22N2O4S/c1-12-6-2-4-8-14(12)18-16(20)10-11-19-17(21)13-7-3-5-9-15(13)24(19,22)23/h3,5,7,9,12,14H,2,4,6,8,10-11H2,1H3,(H,18,20)/t12-,14+/m0/s1. The molecule has 0 aromatic heterocycles. The summed E-state index contributed by atoms with van der Waals surface area (Å²) in [6.07, 6.45) is 4.33. The number of carbonyl (C=O) groups excluding carboxylic acids is 2. The molecule has 1 aromatic carbocycles. The van der Waals surface area contributed by atoms with E-state index in [9.17, 15) is 18.0 Å². The van der Waals surface area contributed by atoms with Crippen LogP contribution in [0, 0.1) is 5.92 Å². The zero-order valence-electron chi connectivity index (χ0n) is 13.7. The molecule has 2 atom stereocenters. The zero-order chi connectivity index (χ0) is 17.3. The number of amides is 2. The first-order chi connectivity index (χ1) is 11.4. The number of benzene rings is 1. The predicted molar refractivity (Wildman–Crippen MR) is 88.8 cm³/mol. The highest BCUT2D eigenvalue weighted by Crippen LogP contribution is 2.30. The summed E-state index contributed by atoms with van der Waals surface area (Å²) >= 11 is 0. The van der Waals surface area contributed by atoms with Crippen LogP contribution >= 0.6 is 0 Å². The SMILES string of the molecule is C[C@H]1CCCC[C@H]1NC(=O)CCN1C(=O)c2ccccc2S1(=O)=O. The minimum Gasteiger partial charge on any atom is -0.353 e. The summed E-state index contributed by atoms with van der Waals surface area (Å²) < 4.78 is 25.7. The van der Waals surface area contributed by atoms with Crippen LogP contribution < -0.4 is 5.32 Å². The van der Waals surface area contributed by atoms with Gasteiger partial charge in [-0.15, -0.1) is 0 Å². The number of hydrogen-bond donors (Lipinski definition) is 1. The van der Waals surface area contributed by atoms with Crippen molar-refractivity contribution in [3.63, 3.8) is 0 Å². The molecule has 7 heteroatoms. The van der Waals surface area contributed by atoms with Crippen molar-refractivity contribution in [2.45, 2.75) is 50.0 Å². The van der Waals surface area contributed by atoms with E-state index < -0.39 is 15.9 Å². The average molecular weight is 350 g/mol. The molecule has 1 saturated carbocycles. The highest BCUT2D eigenvalue weighted by atomic mass is 32.2. The Morgan fingerprint density at radius 2 is 1.96 bits per heavy atom. The van der Waals surface area contributed by atoms with Gasteiger partial charge >= 0.3 is 0 Å². The molecule has 2 aliphatic rings. The molecule has 0 radical (unpaired) electrons. The summed E-state index contributed by atoms with van der Waals surface area (Å²) in [6.45, 7) is 2.00. The lowest BCUT2D eigenvalue weighted by Crippen LogP contribution is -2.42. The lowest BCUT2D eigenvalue weighted by atomic mass is 9.86. The lowest BCUT2D eigenvalue weighted by molar-refractivity contribution is -0.122. The van der Waals surface area contributed by atoms with E-state index in [1.807, 2.05) is 0 Å². The van der Waals surface area contributed by atoms with Gasteiger partial charge < -0.3 is 5.32 Å². The summed E-state index contributed by atoms with van der Waals surface area (Å²) in [5.74, 6) is -0.318. The third-order valence-electron chi connectivity index (χ3n) is 4.91. The second-order valence-corrected chi connectivity index (χ2v) is 8.39. The van der Waals surface area contributed by atoms with Crippen molar-refractivity contribution in [2.75, 3.05) is 6.54 Å². The van der Waals surface area contributed by atoms with Crippen molar-refractivity contribution in [3.8, 4) is 0 Å². The maximum absolute atomic E-state index is 12.4. The van der Waals surface area contributed by atoms with E-state index in [1.54, 1.807) is 12.1 Å². The van der Waals surface area contributed by atoms with E-state index >= 15 is 0 Å². The molecule has 1 aliphatic carbocycles. The second-order valence-electron chi connectivity index (χ2n) is 6.56. The topological polar surface area (TPSA) is 83.6 Å². The van der Waals surface area contributed by atoms with Crippen molar-refractivity contribution >= 4 is 21.8 Å². The Bertz CT molecular complexity index is 760. The van der Waals surface area contributed by atoms with Gasteiger partial charge in [0.25, 0.3) is 15.9 Å². The highest BCUT2D eigenvalue weighted by Gasteiger charge is 2.40. The van der Waals surface area contributed by atoms with Gasteiger partial charge in [-0.2, -0.15) is 0 Å². The maximum Gasteiger partial charge on any atom is 0.269 e. The summed E-state index contributed by atoms with van der Waals surface area (Å²) in [6, 6.07) is 6.29. The maximum atomic E-state index is 12.4. The van der Waals surface area contributed by atoms with Crippen LogP contribution in [0.15, 0.2) is 29.2 Å². The Labute approximate surface area is 142 Å². The number of fused-ring (bicyclic) bond motifs is 1. The first-order valence-corrected chi connectivity index (χ1v) is 9.80. The first-order valence-electron chi connectivity index (χ1n) is 8.36. The summed E-state index contributed by atoms with van der Waals surface area (Å²) in [4.78, 5) is 24.5. The minimum atomic E-state index is -3.83. The fraction of sp³-hybridized carbons (Fsp3) is 0.529.